The van der Waals surface area contributed by atoms with E-state index in [1.165, 1.54) is 0 Å². The molecule has 0 N–H and O–H groups in total. The van der Waals surface area contributed by atoms with Gasteiger partial charge >= 0.3 is 0 Å². The predicted octanol–water partition coefficient (Wildman–Crippen LogP) is 1.68. The first-order valence-corrected chi connectivity index (χ1v) is 3.44. The topological polar surface area (TPSA) is 17.1 Å². The average molecular weight is 151 g/mol. The molecule has 1 aliphatic rings. The molecule has 9 heavy (non-hydrogen) atoms. The molecule has 52 valence electrons. The highest BCUT2D eigenvalue weighted by molar-refractivity contribution is 6.31. The SMILES string of the molecule is O=C1CCC(F)CC1Cl. The van der Waals surface area contributed by atoms with Crippen molar-refractivity contribution in [1.29, 1.82) is 0 Å². The Labute approximate surface area is 58.2 Å². The molecule has 0 saturated heterocycles. The van der Waals surface area contributed by atoms with Gasteiger partial charge in [-0.1, -0.05) is 0 Å². The molecular weight excluding hydrogens is 143 g/mol. The number of Topliss-reactive ketones (excluding diaryl/α,β-unsaturated/α-hetero) is 1. The van der Waals surface area contributed by atoms with Gasteiger partial charge in [0.15, 0.2) is 5.78 Å². The maximum atomic E-state index is 12.4. The normalized spacial score (nSPS) is 36.9. The number of rotatable bonds is 0. The number of ketones is 1. The van der Waals surface area contributed by atoms with Gasteiger partial charge in [-0.2, -0.15) is 0 Å². The van der Waals surface area contributed by atoms with Crippen LogP contribution in [0.5, 0.6) is 0 Å². The lowest BCUT2D eigenvalue weighted by Gasteiger charge is -2.17. The summed E-state index contributed by atoms with van der Waals surface area (Å²) in [5, 5.41) is -0.561. The third kappa shape index (κ3) is 1.65. The second kappa shape index (κ2) is 2.65. The Kier molecular flexibility index (Phi) is 2.06. The summed E-state index contributed by atoms with van der Waals surface area (Å²) in [7, 11) is 0. The molecule has 0 amide bonds. The van der Waals surface area contributed by atoms with E-state index in [4.69, 9.17) is 11.6 Å². The molecule has 3 heteroatoms. The summed E-state index contributed by atoms with van der Waals surface area (Å²) in [6.45, 7) is 0. The largest absolute Gasteiger partial charge is 0.298 e. The molecule has 1 saturated carbocycles. The van der Waals surface area contributed by atoms with Gasteiger partial charge in [0.2, 0.25) is 0 Å². The second-order valence-corrected chi connectivity index (χ2v) is 2.83. The summed E-state index contributed by atoms with van der Waals surface area (Å²) in [6, 6.07) is 0. The Morgan fingerprint density at radius 3 is 2.78 bits per heavy atom. The van der Waals surface area contributed by atoms with Crippen molar-refractivity contribution in [3.8, 4) is 0 Å². The molecular formula is C6H8ClFO. The van der Waals surface area contributed by atoms with Crippen LogP contribution in [0.1, 0.15) is 19.3 Å². The minimum absolute atomic E-state index is 0.00873. The van der Waals surface area contributed by atoms with Crippen LogP contribution < -0.4 is 0 Å². The van der Waals surface area contributed by atoms with Crippen LogP contribution >= 0.6 is 11.6 Å². The van der Waals surface area contributed by atoms with E-state index in [0.29, 0.717) is 12.8 Å². The van der Waals surface area contributed by atoms with Crippen molar-refractivity contribution >= 4 is 17.4 Å². The summed E-state index contributed by atoms with van der Waals surface area (Å²) < 4.78 is 12.4. The summed E-state index contributed by atoms with van der Waals surface area (Å²) in [5.74, 6) is -0.00873. The molecule has 2 atom stereocenters. The van der Waals surface area contributed by atoms with Crippen LogP contribution in [0.2, 0.25) is 0 Å². The lowest BCUT2D eigenvalue weighted by molar-refractivity contribution is -0.120. The quantitative estimate of drug-likeness (QED) is 0.481. The lowest BCUT2D eigenvalue weighted by Crippen LogP contribution is -2.25. The number of carbonyl (C=O) groups excluding carboxylic acids is 1. The van der Waals surface area contributed by atoms with E-state index >= 15 is 0 Å². The lowest BCUT2D eigenvalue weighted by atomic mass is 9.97. The molecule has 0 bridgehead atoms. The highest BCUT2D eigenvalue weighted by Crippen LogP contribution is 2.21. The average Bonchev–Trinajstić information content (AvgIpc) is 1.80. The first-order chi connectivity index (χ1) is 4.20. The fourth-order valence-corrected chi connectivity index (χ4v) is 1.23. The van der Waals surface area contributed by atoms with Gasteiger partial charge in [-0.05, 0) is 6.42 Å². The molecule has 1 aliphatic carbocycles. The van der Waals surface area contributed by atoms with Crippen molar-refractivity contribution in [3.63, 3.8) is 0 Å². The first kappa shape index (κ1) is 7.00. The standard InChI is InChI=1S/C6H8ClFO/c7-5-3-4(8)1-2-6(5)9/h4-5H,1-3H2. The van der Waals surface area contributed by atoms with Crippen LogP contribution in [-0.4, -0.2) is 17.3 Å². The minimum Gasteiger partial charge on any atom is -0.298 e. The van der Waals surface area contributed by atoms with Gasteiger partial charge in [0.25, 0.3) is 0 Å². The highest BCUT2D eigenvalue weighted by Gasteiger charge is 2.26. The zero-order valence-corrected chi connectivity index (χ0v) is 5.70. The van der Waals surface area contributed by atoms with Crippen molar-refractivity contribution < 1.29 is 9.18 Å². The zero-order chi connectivity index (χ0) is 6.85. The van der Waals surface area contributed by atoms with Gasteiger partial charge in [0.05, 0.1) is 5.38 Å². The van der Waals surface area contributed by atoms with Crippen molar-refractivity contribution in [2.75, 3.05) is 0 Å². The van der Waals surface area contributed by atoms with Crippen molar-refractivity contribution in [3.05, 3.63) is 0 Å². The summed E-state index contributed by atoms with van der Waals surface area (Å²) in [6.07, 6.45) is 0.0304. The van der Waals surface area contributed by atoms with Crippen molar-refractivity contribution in [2.24, 2.45) is 0 Å². The fourth-order valence-electron chi connectivity index (χ4n) is 0.929. The van der Waals surface area contributed by atoms with Gasteiger partial charge in [-0.15, -0.1) is 11.6 Å². The monoisotopic (exact) mass is 150 g/mol. The Hall–Kier alpha value is -0.110. The van der Waals surface area contributed by atoms with Crippen molar-refractivity contribution in [2.45, 2.75) is 30.8 Å². The maximum Gasteiger partial charge on any atom is 0.150 e. The number of hydrogen-bond donors (Lipinski definition) is 0. The second-order valence-electron chi connectivity index (χ2n) is 2.31. The molecule has 0 aliphatic heterocycles. The first-order valence-electron chi connectivity index (χ1n) is 3.01. The molecule has 2 unspecified atom stereocenters. The summed E-state index contributed by atoms with van der Waals surface area (Å²) >= 11 is 5.47. The molecule has 0 aromatic rings. The van der Waals surface area contributed by atoms with Gasteiger partial charge in [0.1, 0.15) is 6.17 Å². The van der Waals surface area contributed by atoms with Crippen LogP contribution in [0.15, 0.2) is 0 Å². The van der Waals surface area contributed by atoms with Crippen molar-refractivity contribution in [1.82, 2.24) is 0 Å². The van der Waals surface area contributed by atoms with Crippen LogP contribution in [0, 0.1) is 0 Å². The van der Waals surface area contributed by atoms with Crippen LogP contribution in [0.3, 0.4) is 0 Å². The van der Waals surface area contributed by atoms with E-state index in [-0.39, 0.29) is 12.2 Å². The molecule has 1 fully saturated rings. The Morgan fingerprint density at radius 1 is 1.67 bits per heavy atom. The van der Waals surface area contributed by atoms with Crippen LogP contribution in [-0.2, 0) is 4.79 Å². The maximum absolute atomic E-state index is 12.4. The molecule has 1 nitrogen and oxygen atoms in total. The van der Waals surface area contributed by atoms with E-state index in [1.807, 2.05) is 0 Å². The van der Waals surface area contributed by atoms with E-state index in [2.05, 4.69) is 0 Å². The Morgan fingerprint density at radius 2 is 2.33 bits per heavy atom. The molecule has 1 rings (SSSR count). The summed E-state index contributed by atoms with van der Waals surface area (Å²) in [4.78, 5) is 10.6. The molecule has 0 radical (unpaired) electrons. The number of hydrogen-bond acceptors (Lipinski definition) is 1. The van der Waals surface area contributed by atoms with Gasteiger partial charge in [0, 0.05) is 12.8 Å². The zero-order valence-electron chi connectivity index (χ0n) is 4.94. The highest BCUT2D eigenvalue weighted by atomic mass is 35.5. The molecule has 0 heterocycles. The van der Waals surface area contributed by atoms with Crippen LogP contribution in [0.4, 0.5) is 4.39 Å². The van der Waals surface area contributed by atoms with E-state index < -0.39 is 11.5 Å². The van der Waals surface area contributed by atoms with E-state index in [0.717, 1.165) is 0 Å². The Balaban J connectivity index is 2.44. The Bertz CT molecular complexity index is 126. The van der Waals surface area contributed by atoms with E-state index in [1.54, 1.807) is 0 Å². The third-order valence-corrected chi connectivity index (χ3v) is 1.94. The number of halogens is 2. The number of alkyl halides is 2. The van der Waals surface area contributed by atoms with Gasteiger partial charge in [-0.25, -0.2) is 4.39 Å². The molecule has 0 aromatic carbocycles. The minimum atomic E-state index is -0.856. The van der Waals surface area contributed by atoms with Crippen LogP contribution in [0.25, 0.3) is 0 Å². The number of carbonyl (C=O) groups is 1. The van der Waals surface area contributed by atoms with E-state index in [9.17, 15) is 9.18 Å². The molecule has 0 spiro atoms. The van der Waals surface area contributed by atoms with Gasteiger partial charge in [-0.3, -0.25) is 4.79 Å². The smallest absolute Gasteiger partial charge is 0.150 e. The third-order valence-electron chi connectivity index (χ3n) is 1.52. The predicted molar refractivity (Wildman–Crippen MR) is 33.4 cm³/mol. The molecule has 0 aromatic heterocycles. The van der Waals surface area contributed by atoms with Gasteiger partial charge < -0.3 is 0 Å². The summed E-state index contributed by atoms with van der Waals surface area (Å²) in [5.41, 5.74) is 0. The fraction of sp³-hybridized carbons (Fsp3) is 0.833.